The van der Waals surface area contributed by atoms with Crippen molar-refractivity contribution in [2.24, 2.45) is 0 Å². The minimum Gasteiger partial charge on any atom is -0.490 e. The van der Waals surface area contributed by atoms with Gasteiger partial charge in [0.1, 0.15) is 17.9 Å². The van der Waals surface area contributed by atoms with Crippen molar-refractivity contribution in [2.45, 2.75) is 27.2 Å². The largest absolute Gasteiger partial charge is 0.490 e. The van der Waals surface area contributed by atoms with Gasteiger partial charge >= 0.3 is 5.97 Å². The van der Waals surface area contributed by atoms with Gasteiger partial charge in [-0.2, -0.15) is 0 Å². The summed E-state index contributed by atoms with van der Waals surface area (Å²) >= 11 is 0. The van der Waals surface area contributed by atoms with E-state index in [2.05, 4.69) is 4.98 Å². The molecule has 0 aliphatic heterocycles. The van der Waals surface area contributed by atoms with Crippen molar-refractivity contribution in [1.29, 1.82) is 0 Å². The molecule has 0 atom stereocenters. The number of pyridine rings is 1. The number of rotatable bonds is 7. The Morgan fingerprint density at radius 3 is 2.67 bits per heavy atom. The fraction of sp³-hybridized carbons (Fsp3) is 0.538. The molecule has 18 heavy (non-hydrogen) atoms. The van der Waals surface area contributed by atoms with Crippen molar-refractivity contribution in [3.8, 4) is 5.75 Å². The first-order valence-electron chi connectivity index (χ1n) is 5.98. The molecule has 0 fully saturated rings. The third-order valence-corrected chi connectivity index (χ3v) is 2.34. The van der Waals surface area contributed by atoms with Crippen LogP contribution in [0.4, 0.5) is 0 Å². The first kappa shape index (κ1) is 14.4. The minimum atomic E-state index is -1.02. The molecule has 1 rings (SSSR count). The van der Waals surface area contributed by atoms with Crippen molar-refractivity contribution in [3.05, 3.63) is 23.0 Å². The first-order valence-corrected chi connectivity index (χ1v) is 5.98. The fourth-order valence-corrected chi connectivity index (χ4v) is 1.62. The van der Waals surface area contributed by atoms with E-state index in [1.807, 2.05) is 6.92 Å². The summed E-state index contributed by atoms with van der Waals surface area (Å²) in [5, 5.41) is 9.13. The van der Waals surface area contributed by atoms with E-state index in [0.717, 1.165) is 12.1 Å². The number of ether oxygens (including phenoxy) is 2. The Morgan fingerprint density at radius 2 is 2.06 bits per heavy atom. The number of aromatic carboxylic acids is 1. The average Bonchev–Trinajstić information content (AvgIpc) is 2.27. The molecule has 0 saturated heterocycles. The molecule has 0 unspecified atom stereocenters. The molecule has 1 aromatic rings. The number of hydrogen-bond donors (Lipinski definition) is 1. The van der Waals surface area contributed by atoms with Gasteiger partial charge in [-0.1, -0.05) is 6.92 Å². The van der Waals surface area contributed by atoms with Crippen molar-refractivity contribution in [2.75, 3.05) is 19.8 Å². The molecular weight excluding hydrogens is 234 g/mol. The standard InChI is InChI=1S/C13H19NO4/c1-4-5-17-6-7-18-11-8-9(2)14-10(3)12(11)13(15)16/h8H,4-7H2,1-3H3,(H,15,16). The van der Waals surface area contributed by atoms with Crippen molar-refractivity contribution < 1.29 is 19.4 Å². The van der Waals surface area contributed by atoms with Gasteiger partial charge in [-0.15, -0.1) is 0 Å². The lowest BCUT2D eigenvalue weighted by Crippen LogP contribution is -2.12. The second kappa shape index (κ2) is 6.96. The zero-order valence-electron chi connectivity index (χ0n) is 11.0. The highest BCUT2D eigenvalue weighted by Crippen LogP contribution is 2.22. The SMILES string of the molecule is CCCOCCOc1cc(C)nc(C)c1C(=O)O. The maximum atomic E-state index is 11.1. The van der Waals surface area contributed by atoms with Gasteiger partial charge in [-0.05, 0) is 20.3 Å². The Balaban J connectivity index is 2.71. The van der Waals surface area contributed by atoms with E-state index in [9.17, 15) is 4.79 Å². The summed E-state index contributed by atoms with van der Waals surface area (Å²) < 4.78 is 10.7. The van der Waals surface area contributed by atoms with Gasteiger partial charge in [0, 0.05) is 18.4 Å². The summed E-state index contributed by atoms with van der Waals surface area (Å²) in [6.07, 6.45) is 0.952. The van der Waals surface area contributed by atoms with Crippen LogP contribution in [0.25, 0.3) is 0 Å². The molecule has 0 bridgehead atoms. The van der Waals surface area contributed by atoms with Crippen LogP contribution in [0.15, 0.2) is 6.07 Å². The van der Waals surface area contributed by atoms with E-state index in [-0.39, 0.29) is 5.56 Å². The highest BCUT2D eigenvalue weighted by Gasteiger charge is 2.16. The van der Waals surface area contributed by atoms with Crippen molar-refractivity contribution in [3.63, 3.8) is 0 Å². The Bertz CT molecular complexity index is 418. The molecule has 0 aliphatic carbocycles. The summed E-state index contributed by atoms with van der Waals surface area (Å²) in [7, 11) is 0. The summed E-state index contributed by atoms with van der Waals surface area (Å²) in [5.41, 5.74) is 1.32. The second-order valence-corrected chi connectivity index (χ2v) is 3.99. The maximum absolute atomic E-state index is 11.1. The summed E-state index contributed by atoms with van der Waals surface area (Å²) in [6, 6.07) is 1.64. The normalized spacial score (nSPS) is 10.4. The van der Waals surface area contributed by atoms with Crippen LogP contribution in [-0.2, 0) is 4.74 Å². The van der Waals surface area contributed by atoms with E-state index >= 15 is 0 Å². The molecular formula is C13H19NO4. The Hall–Kier alpha value is -1.62. The predicted octanol–water partition coefficient (Wildman–Crippen LogP) is 2.20. The molecule has 0 radical (unpaired) electrons. The van der Waals surface area contributed by atoms with E-state index < -0.39 is 5.97 Å². The number of carboxylic acid groups (broad SMARTS) is 1. The summed E-state index contributed by atoms with van der Waals surface area (Å²) in [4.78, 5) is 15.3. The molecule has 1 N–H and O–H groups in total. The van der Waals surface area contributed by atoms with Gasteiger partial charge in [0.05, 0.1) is 12.3 Å². The Labute approximate surface area is 107 Å². The minimum absolute atomic E-state index is 0.121. The molecule has 0 aromatic carbocycles. The van der Waals surface area contributed by atoms with E-state index in [0.29, 0.717) is 31.3 Å². The van der Waals surface area contributed by atoms with Gasteiger partial charge in [-0.3, -0.25) is 4.98 Å². The second-order valence-electron chi connectivity index (χ2n) is 3.99. The van der Waals surface area contributed by atoms with E-state index in [4.69, 9.17) is 14.6 Å². The van der Waals surface area contributed by atoms with Crippen LogP contribution in [0.5, 0.6) is 5.75 Å². The number of nitrogens with zero attached hydrogens (tertiary/aromatic N) is 1. The smallest absolute Gasteiger partial charge is 0.341 e. The molecule has 5 heteroatoms. The van der Waals surface area contributed by atoms with Gasteiger partial charge in [0.25, 0.3) is 0 Å². The average molecular weight is 253 g/mol. The quantitative estimate of drug-likeness (QED) is 0.754. The van der Waals surface area contributed by atoms with Crippen molar-refractivity contribution >= 4 is 5.97 Å². The highest BCUT2D eigenvalue weighted by molar-refractivity contribution is 5.92. The molecule has 0 aliphatic rings. The Kier molecular flexibility index (Phi) is 5.58. The molecule has 100 valence electrons. The maximum Gasteiger partial charge on any atom is 0.341 e. The number of carboxylic acids is 1. The first-order chi connectivity index (χ1) is 8.56. The van der Waals surface area contributed by atoms with Gasteiger partial charge in [0.2, 0.25) is 0 Å². The lowest BCUT2D eigenvalue weighted by atomic mass is 10.1. The van der Waals surface area contributed by atoms with Crippen LogP contribution in [-0.4, -0.2) is 35.9 Å². The fourth-order valence-electron chi connectivity index (χ4n) is 1.62. The topological polar surface area (TPSA) is 68.7 Å². The van der Waals surface area contributed by atoms with E-state index in [1.165, 1.54) is 0 Å². The number of hydrogen-bond acceptors (Lipinski definition) is 4. The van der Waals surface area contributed by atoms with Gasteiger partial charge < -0.3 is 14.6 Å². The summed E-state index contributed by atoms with van der Waals surface area (Å²) in [5.74, 6) is -0.669. The molecule has 1 aromatic heterocycles. The van der Waals surface area contributed by atoms with Crippen LogP contribution < -0.4 is 4.74 Å². The monoisotopic (exact) mass is 253 g/mol. The van der Waals surface area contributed by atoms with Crippen LogP contribution in [0.2, 0.25) is 0 Å². The van der Waals surface area contributed by atoms with Crippen LogP contribution >= 0.6 is 0 Å². The highest BCUT2D eigenvalue weighted by atomic mass is 16.5. The lowest BCUT2D eigenvalue weighted by Gasteiger charge is -2.11. The Morgan fingerprint density at radius 1 is 1.33 bits per heavy atom. The van der Waals surface area contributed by atoms with Crippen LogP contribution in [0, 0.1) is 13.8 Å². The van der Waals surface area contributed by atoms with E-state index in [1.54, 1.807) is 19.9 Å². The number of carbonyl (C=O) groups is 1. The van der Waals surface area contributed by atoms with Crippen LogP contribution in [0.1, 0.15) is 35.1 Å². The third-order valence-electron chi connectivity index (χ3n) is 2.34. The molecule has 5 nitrogen and oxygen atoms in total. The summed E-state index contributed by atoms with van der Waals surface area (Å²) in [6.45, 7) is 6.97. The number of aromatic nitrogens is 1. The zero-order valence-corrected chi connectivity index (χ0v) is 11.0. The lowest BCUT2D eigenvalue weighted by molar-refractivity contribution is 0.0684. The number of aryl methyl sites for hydroxylation is 2. The van der Waals surface area contributed by atoms with Crippen LogP contribution in [0.3, 0.4) is 0 Å². The zero-order chi connectivity index (χ0) is 13.5. The molecule has 1 heterocycles. The van der Waals surface area contributed by atoms with Gasteiger partial charge in [-0.25, -0.2) is 4.79 Å². The van der Waals surface area contributed by atoms with Crippen molar-refractivity contribution in [1.82, 2.24) is 4.98 Å². The predicted molar refractivity (Wildman–Crippen MR) is 67.3 cm³/mol. The molecule has 0 spiro atoms. The molecule has 0 saturated carbocycles. The molecule has 0 amide bonds. The third kappa shape index (κ3) is 4.00. The van der Waals surface area contributed by atoms with Gasteiger partial charge in [0.15, 0.2) is 0 Å².